The molecule has 1 aliphatic heterocycles. The summed E-state index contributed by atoms with van der Waals surface area (Å²) in [7, 11) is -3.78. The number of rotatable bonds is 2. The van der Waals surface area contributed by atoms with Crippen molar-refractivity contribution in [2.45, 2.75) is 24.3 Å². The van der Waals surface area contributed by atoms with Crippen LogP contribution in [0, 0.1) is 5.82 Å². The molecule has 2 rings (SSSR count). The van der Waals surface area contributed by atoms with Crippen molar-refractivity contribution < 1.29 is 17.5 Å². The minimum absolute atomic E-state index is 0.0548. The molecule has 1 fully saturated rings. The second-order valence-corrected chi connectivity index (χ2v) is 6.49. The van der Waals surface area contributed by atoms with Gasteiger partial charge in [-0.3, -0.25) is 0 Å². The van der Waals surface area contributed by atoms with Crippen LogP contribution >= 0.6 is 0 Å². The normalized spacial score (nSPS) is 22.1. The molecule has 1 saturated heterocycles. The Morgan fingerprint density at radius 3 is 2.95 bits per heavy atom. The quantitative estimate of drug-likeness (QED) is 0.830. The molecule has 0 bridgehead atoms. The van der Waals surface area contributed by atoms with E-state index in [1.54, 1.807) is 0 Å². The smallest absolute Gasteiger partial charge is 0.245 e. The zero-order chi connectivity index (χ0) is 14.0. The number of nitrogens with zero attached hydrogens (tertiary/aromatic N) is 1. The van der Waals surface area contributed by atoms with Gasteiger partial charge >= 0.3 is 0 Å². The Morgan fingerprint density at radius 2 is 2.21 bits per heavy atom. The summed E-state index contributed by atoms with van der Waals surface area (Å²) in [5.74, 6) is -0.619. The molecule has 2 N–H and O–H groups in total. The number of anilines is 1. The van der Waals surface area contributed by atoms with E-state index in [0.717, 1.165) is 12.1 Å². The Morgan fingerprint density at radius 1 is 1.47 bits per heavy atom. The molecule has 0 aliphatic carbocycles. The van der Waals surface area contributed by atoms with Crippen molar-refractivity contribution in [2.24, 2.45) is 0 Å². The highest BCUT2D eigenvalue weighted by atomic mass is 32.2. The molecule has 1 aromatic carbocycles. The molecule has 1 heterocycles. The molecule has 7 heteroatoms. The standard InChI is InChI=1S/C12H17FN2O3S/c1-9-8-15(5-2-6-18-9)19(16,17)12-7-10(13)3-4-11(12)14/h3-4,7,9H,2,5-6,8,14H2,1H3. The zero-order valence-electron chi connectivity index (χ0n) is 10.7. The average molecular weight is 288 g/mol. The summed E-state index contributed by atoms with van der Waals surface area (Å²) in [6.45, 7) is 2.93. The van der Waals surface area contributed by atoms with E-state index in [-0.39, 0.29) is 23.2 Å². The third-order valence-electron chi connectivity index (χ3n) is 3.01. The van der Waals surface area contributed by atoms with Crippen LogP contribution in [0.15, 0.2) is 23.1 Å². The van der Waals surface area contributed by atoms with Crippen molar-refractivity contribution in [3.63, 3.8) is 0 Å². The predicted molar refractivity (Wildman–Crippen MR) is 69.6 cm³/mol. The molecule has 1 aliphatic rings. The Balaban J connectivity index is 2.38. The van der Waals surface area contributed by atoms with E-state index >= 15 is 0 Å². The topological polar surface area (TPSA) is 72.6 Å². The molecule has 19 heavy (non-hydrogen) atoms. The SMILES string of the molecule is CC1CN(S(=O)(=O)c2cc(F)ccc2N)CCCO1. The van der Waals surface area contributed by atoms with Crippen LogP contribution in [0.5, 0.6) is 0 Å². The molecule has 0 aromatic heterocycles. The number of hydrogen-bond donors (Lipinski definition) is 1. The first-order chi connectivity index (χ1) is 8.91. The molecule has 0 spiro atoms. The third-order valence-corrected chi connectivity index (χ3v) is 4.93. The Kier molecular flexibility index (Phi) is 4.07. The van der Waals surface area contributed by atoms with Gasteiger partial charge in [0.25, 0.3) is 0 Å². The minimum atomic E-state index is -3.78. The molecule has 0 radical (unpaired) electrons. The van der Waals surface area contributed by atoms with Gasteiger partial charge in [-0.05, 0) is 31.5 Å². The van der Waals surface area contributed by atoms with Crippen LogP contribution in [0.1, 0.15) is 13.3 Å². The van der Waals surface area contributed by atoms with E-state index < -0.39 is 15.8 Å². The van der Waals surface area contributed by atoms with Gasteiger partial charge in [-0.25, -0.2) is 12.8 Å². The van der Waals surface area contributed by atoms with Gasteiger partial charge in [0, 0.05) is 19.7 Å². The van der Waals surface area contributed by atoms with Gasteiger partial charge in [0.15, 0.2) is 0 Å². The van der Waals surface area contributed by atoms with E-state index in [9.17, 15) is 12.8 Å². The first-order valence-corrected chi connectivity index (χ1v) is 7.52. The lowest BCUT2D eigenvalue weighted by molar-refractivity contribution is 0.0752. The predicted octanol–water partition coefficient (Wildman–Crippen LogP) is 1.21. The molecule has 0 saturated carbocycles. The Hall–Kier alpha value is -1.18. The molecule has 0 amide bonds. The first kappa shape index (κ1) is 14.2. The molecular weight excluding hydrogens is 271 g/mol. The number of ether oxygens (including phenoxy) is 1. The average Bonchev–Trinajstić information content (AvgIpc) is 2.57. The third kappa shape index (κ3) is 3.05. The number of sulfonamides is 1. The summed E-state index contributed by atoms with van der Waals surface area (Å²) in [4.78, 5) is -0.179. The second kappa shape index (κ2) is 5.44. The molecule has 1 unspecified atom stereocenters. The van der Waals surface area contributed by atoms with Gasteiger partial charge in [-0.1, -0.05) is 0 Å². The van der Waals surface area contributed by atoms with E-state index in [4.69, 9.17) is 10.5 Å². The maximum Gasteiger partial charge on any atom is 0.245 e. The lowest BCUT2D eigenvalue weighted by Crippen LogP contribution is -2.36. The summed E-state index contributed by atoms with van der Waals surface area (Å²) in [5, 5.41) is 0. The van der Waals surface area contributed by atoms with Gasteiger partial charge in [0.1, 0.15) is 10.7 Å². The second-order valence-electron chi connectivity index (χ2n) is 4.58. The van der Waals surface area contributed by atoms with Crippen molar-refractivity contribution in [3.8, 4) is 0 Å². The number of benzene rings is 1. The van der Waals surface area contributed by atoms with E-state index in [2.05, 4.69) is 0 Å². The van der Waals surface area contributed by atoms with Gasteiger partial charge in [-0.2, -0.15) is 4.31 Å². The van der Waals surface area contributed by atoms with Crippen molar-refractivity contribution in [1.82, 2.24) is 4.31 Å². The van der Waals surface area contributed by atoms with Gasteiger partial charge < -0.3 is 10.5 Å². The Bertz CT molecular complexity index is 562. The van der Waals surface area contributed by atoms with Crippen molar-refractivity contribution in [2.75, 3.05) is 25.4 Å². The fraction of sp³-hybridized carbons (Fsp3) is 0.500. The maximum absolute atomic E-state index is 13.2. The molecular formula is C12H17FN2O3S. The van der Waals surface area contributed by atoms with Crippen molar-refractivity contribution >= 4 is 15.7 Å². The highest BCUT2D eigenvalue weighted by Gasteiger charge is 2.29. The molecule has 1 atom stereocenters. The van der Waals surface area contributed by atoms with Crippen LogP contribution in [-0.4, -0.2) is 38.5 Å². The van der Waals surface area contributed by atoms with Crippen LogP contribution in [0.2, 0.25) is 0 Å². The van der Waals surface area contributed by atoms with Crippen LogP contribution in [0.4, 0.5) is 10.1 Å². The minimum Gasteiger partial charge on any atom is -0.398 e. The fourth-order valence-corrected chi connectivity index (χ4v) is 3.73. The summed E-state index contributed by atoms with van der Waals surface area (Å²) < 4.78 is 44.9. The van der Waals surface area contributed by atoms with Crippen LogP contribution < -0.4 is 5.73 Å². The van der Waals surface area contributed by atoms with Crippen LogP contribution in [0.25, 0.3) is 0 Å². The molecule has 1 aromatic rings. The monoisotopic (exact) mass is 288 g/mol. The molecule has 5 nitrogen and oxygen atoms in total. The van der Waals surface area contributed by atoms with Crippen LogP contribution in [0.3, 0.4) is 0 Å². The molecule has 106 valence electrons. The summed E-state index contributed by atoms with van der Waals surface area (Å²) in [5.41, 5.74) is 5.71. The summed E-state index contributed by atoms with van der Waals surface area (Å²) in [6.07, 6.45) is 0.422. The van der Waals surface area contributed by atoms with Gasteiger partial charge in [0.05, 0.1) is 11.8 Å². The number of nitrogens with two attached hydrogens (primary N) is 1. The Labute approximate surface area is 112 Å². The van der Waals surface area contributed by atoms with E-state index in [0.29, 0.717) is 19.6 Å². The van der Waals surface area contributed by atoms with Gasteiger partial charge in [-0.15, -0.1) is 0 Å². The summed E-state index contributed by atoms with van der Waals surface area (Å²) >= 11 is 0. The summed E-state index contributed by atoms with van der Waals surface area (Å²) in [6, 6.07) is 3.36. The van der Waals surface area contributed by atoms with E-state index in [1.165, 1.54) is 10.4 Å². The lowest BCUT2D eigenvalue weighted by Gasteiger charge is -2.22. The number of halogens is 1. The zero-order valence-corrected chi connectivity index (χ0v) is 11.5. The van der Waals surface area contributed by atoms with Crippen LogP contribution in [-0.2, 0) is 14.8 Å². The highest BCUT2D eigenvalue weighted by molar-refractivity contribution is 7.89. The highest BCUT2D eigenvalue weighted by Crippen LogP contribution is 2.24. The largest absolute Gasteiger partial charge is 0.398 e. The first-order valence-electron chi connectivity index (χ1n) is 6.08. The number of hydrogen-bond acceptors (Lipinski definition) is 4. The maximum atomic E-state index is 13.2. The fourth-order valence-electron chi connectivity index (χ4n) is 2.05. The number of nitrogen functional groups attached to an aromatic ring is 1. The lowest BCUT2D eigenvalue weighted by atomic mass is 10.3. The van der Waals surface area contributed by atoms with Crippen molar-refractivity contribution in [1.29, 1.82) is 0 Å². The van der Waals surface area contributed by atoms with Crippen molar-refractivity contribution in [3.05, 3.63) is 24.0 Å². The van der Waals surface area contributed by atoms with E-state index in [1.807, 2.05) is 6.92 Å². The van der Waals surface area contributed by atoms with Gasteiger partial charge in [0.2, 0.25) is 10.0 Å².